The highest BCUT2D eigenvalue weighted by atomic mass is 14.8. The molecule has 6 heavy (non-hydrogen) atoms. The van der Waals surface area contributed by atoms with Crippen LogP contribution in [0.5, 0.6) is 0 Å². The Morgan fingerprint density at radius 3 is 2.33 bits per heavy atom. The molecule has 0 aromatic rings. The third-order valence-electron chi connectivity index (χ3n) is 0.485. The van der Waals surface area contributed by atoms with E-state index in [2.05, 4.69) is 9.84 Å². The summed E-state index contributed by atoms with van der Waals surface area (Å²) in [6, 6.07) is 0. The van der Waals surface area contributed by atoms with Gasteiger partial charge in [-0.1, -0.05) is 6.57 Å². The highest BCUT2D eigenvalue weighted by molar-refractivity contribution is 5.88. The molecular formula is C4H6N2. The molecule has 2 heteroatoms. The number of hydrogen-bond acceptors (Lipinski definition) is 1. The molecule has 2 nitrogen and oxygen atoms in total. The van der Waals surface area contributed by atoms with Crippen molar-refractivity contribution in [1.29, 1.82) is 0 Å². The van der Waals surface area contributed by atoms with E-state index in [1.807, 2.05) is 0 Å². The molecule has 0 amide bonds. The van der Waals surface area contributed by atoms with Crippen LogP contribution < -0.4 is 0 Å². The molecular weight excluding hydrogens is 76.1 g/mol. The van der Waals surface area contributed by atoms with Gasteiger partial charge < -0.3 is 4.85 Å². The van der Waals surface area contributed by atoms with Gasteiger partial charge in [0.1, 0.15) is 7.05 Å². The van der Waals surface area contributed by atoms with Crippen molar-refractivity contribution in [2.24, 2.45) is 4.99 Å². The molecule has 0 aromatic heterocycles. The highest BCUT2D eigenvalue weighted by Gasteiger charge is 1.73. The Balaban J connectivity index is 3.61. The average molecular weight is 82.1 g/mol. The van der Waals surface area contributed by atoms with Gasteiger partial charge in [0.25, 0.3) is 0 Å². The lowest BCUT2D eigenvalue weighted by Crippen LogP contribution is -1.74. The Labute approximate surface area is 37.3 Å². The number of nitrogens with zero attached hydrogens (tertiary/aromatic N) is 2. The van der Waals surface area contributed by atoms with Crippen LogP contribution in [0.15, 0.2) is 4.99 Å². The summed E-state index contributed by atoms with van der Waals surface area (Å²) in [6.07, 6.45) is 0. The molecule has 0 saturated heterocycles. The molecule has 32 valence electrons. The van der Waals surface area contributed by atoms with Crippen LogP contribution >= 0.6 is 0 Å². The second-order valence-corrected chi connectivity index (χ2v) is 0.883. The molecule has 0 atom stereocenters. The van der Waals surface area contributed by atoms with Crippen LogP contribution in [0, 0.1) is 6.57 Å². The number of hydrogen-bond donors (Lipinski definition) is 0. The van der Waals surface area contributed by atoms with Crippen LogP contribution in [-0.2, 0) is 0 Å². The average Bonchev–Trinajstić information content (AvgIpc) is 1.65. The van der Waals surface area contributed by atoms with Crippen LogP contribution in [0.2, 0.25) is 0 Å². The first-order chi connectivity index (χ1) is 2.81. The third kappa shape index (κ3) is 1.48. The summed E-state index contributed by atoms with van der Waals surface area (Å²) < 4.78 is 0. The van der Waals surface area contributed by atoms with E-state index in [0.29, 0.717) is 5.84 Å². The van der Waals surface area contributed by atoms with E-state index in [1.54, 1.807) is 14.0 Å². The van der Waals surface area contributed by atoms with Crippen LogP contribution in [0.25, 0.3) is 4.85 Å². The highest BCUT2D eigenvalue weighted by Crippen LogP contribution is 1.70. The number of aliphatic imine (C=N–C) groups is 1. The van der Waals surface area contributed by atoms with E-state index in [-0.39, 0.29) is 0 Å². The largest absolute Gasteiger partial charge is 0.365 e. The molecule has 0 saturated carbocycles. The van der Waals surface area contributed by atoms with Gasteiger partial charge in [0.05, 0.1) is 0 Å². The fraction of sp³-hybridized carbons (Fsp3) is 0.500. The van der Waals surface area contributed by atoms with E-state index in [1.165, 1.54) is 0 Å². The van der Waals surface area contributed by atoms with Gasteiger partial charge in [0.15, 0.2) is 0 Å². The van der Waals surface area contributed by atoms with Gasteiger partial charge in [-0.05, 0) is 6.92 Å². The lowest BCUT2D eigenvalue weighted by molar-refractivity contribution is 1.43. The minimum absolute atomic E-state index is 0.509. The summed E-state index contributed by atoms with van der Waals surface area (Å²) in [5, 5.41) is 0. The molecule has 0 aliphatic rings. The first kappa shape index (κ1) is 5.16. The van der Waals surface area contributed by atoms with E-state index in [4.69, 9.17) is 6.57 Å². The van der Waals surface area contributed by atoms with Crippen LogP contribution in [-0.4, -0.2) is 12.9 Å². The number of amidine groups is 1. The Hall–Kier alpha value is -0.840. The topological polar surface area (TPSA) is 16.7 Å². The summed E-state index contributed by atoms with van der Waals surface area (Å²) >= 11 is 0. The predicted octanol–water partition coefficient (Wildman–Crippen LogP) is 0.954. The second-order valence-electron chi connectivity index (χ2n) is 0.883. The predicted molar refractivity (Wildman–Crippen MR) is 25.6 cm³/mol. The first-order valence-corrected chi connectivity index (χ1v) is 1.62. The molecule has 0 radical (unpaired) electrons. The SMILES string of the molecule is [C-]#[N+]C(C)=NC. The summed E-state index contributed by atoms with van der Waals surface area (Å²) in [5.41, 5.74) is 0. The zero-order valence-corrected chi connectivity index (χ0v) is 3.89. The van der Waals surface area contributed by atoms with Crippen molar-refractivity contribution in [3.8, 4) is 0 Å². The lowest BCUT2D eigenvalue weighted by atomic mass is 10.7. The van der Waals surface area contributed by atoms with E-state index >= 15 is 0 Å². The minimum atomic E-state index is 0.509. The zero-order chi connectivity index (χ0) is 4.99. The summed E-state index contributed by atoms with van der Waals surface area (Å²) in [6.45, 7) is 7.98. The molecule has 0 unspecified atom stereocenters. The molecule has 0 aliphatic carbocycles. The lowest BCUT2D eigenvalue weighted by Gasteiger charge is -1.72. The maximum absolute atomic E-state index is 6.30. The van der Waals surface area contributed by atoms with Crippen molar-refractivity contribution < 1.29 is 0 Å². The molecule has 0 heterocycles. The molecule has 0 aromatic carbocycles. The fourth-order valence-corrected chi connectivity index (χ4v) is 0.0500. The minimum Gasteiger partial charge on any atom is -0.365 e. The van der Waals surface area contributed by atoms with Crippen LogP contribution in [0.3, 0.4) is 0 Å². The molecule has 0 bridgehead atoms. The maximum atomic E-state index is 6.30. The number of rotatable bonds is 0. The van der Waals surface area contributed by atoms with Gasteiger partial charge in [0, 0.05) is 0 Å². The summed E-state index contributed by atoms with van der Waals surface area (Å²) in [5.74, 6) is 0.509. The third-order valence-corrected chi connectivity index (χ3v) is 0.485. The summed E-state index contributed by atoms with van der Waals surface area (Å²) in [7, 11) is 1.60. The van der Waals surface area contributed by atoms with Crippen LogP contribution in [0.1, 0.15) is 6.92 Å². The van der Waals surface area contributed by atoms with E-state index in [0.717, 1.165) is 0 Å². The van der Waals surface area contributed by atoms with Gasteiger partial charge in [-0.2, -0.15) is 4.99 Å². The van der Waals surface area contributed by atoms with Crippen molar-refractivity contribution in [2.45, 2.75) is 6.92 Å². The monoisotopic (exact) mass is 82.1 g/mol. The molecule has 0 aliphatic heterocycles. The fourth-order valence-electron chi connectivity index (χ4n) is 0.0500. The Bertz CT molecular complexity index is 96.6. The van der Waals surface area contributed by atoms with Gasteiger partial charge in [-0.25, -0.2) is 0 Å². The zero-order valence-electron chi connectivity index (χ0n) is 3.89. The van der Waals surface area contributed by atoms with E-state index < -0.39 is 0 Å². The smallest absolute Gasteiger partial charge is 0.237 e. The standard InChI is InChI=1S/C4H6N2/c1-4(5-2)6-3/h1-2H3. The molecule has 0 spiro atoms. The van der Waals surface area contributed by atoms with Crippen molar-refractivity contribution in [2.75, 3.05) is 7.05 Å². The van der Waals surface area contributed by atoms with Crippen molar-refractivity contribution in [3.05, 3.63) is 11.4 Å². The normalized spacial score (nSPS) is 10.5. The van der Waals surface area contributed by atoms with E-state index in [9.17, 15) is 0 Å². The maximum Gasteiger partial charge on any atom is 0.237 e. The van der Waals surface area contributed by atoms with Crippen molar-refractivity contribution >= 4 is 5.84 Å². The Kier molecular flexibility index (Phi) is 2.06. The Morgan fingerprint density at radius 1 is 1.83 bits per heavy atom. The quantitative estimate of drug-likeness (QED) is 0.235. The van der Waals surface area contributed by atoms with Gasteiger partial charge >= 0.3 is 0 Å². The molecule has 0 rings (SSSR count). The summed E-state index contributed by atoms with van der Waals surface area (Å²) in [4.78, 5) is 6.58. The molecule has 0 fully saturated rings. The van der Waals surface area contributed by atoms with Crippen molar-refractivity contribution in [1.82, 2.24) is 0 Å². The Morgan fingerprint density at radius 2 is 2.33 bits per heavy atom. The van der Waals surface area contributed by atoms with Crippen LogP contribution in [0.4, 0.5) is 0 Å². The van der Waals surface area contributed by atoms with Crippen molar-refractivity contribution in [3.63, 3.8) is 0 Å². The second kappa shape index (κ2) is 2.40. The first-order valence-electron chi connectivity index (χ1n) is 1.62. The van der Waals surface area contributed by atoms with Gasteiger partial charge in [0.2, 0.25) is 5.84 Å². The molecule has 0 N–H and O–H groups in total. The van der Waals surface area contributed by atoms with Gasteiger partial charge in [-0.15, -0.1) is 0 Å². The van der Waals surface area contributed by atoms with Gasteiger partial charge in [-0.3, -0.25) is 0 Å².